The molecule has 0 spiro atoms. The molecule has 1 atom stereocenters. The predicted octanol–water partition coefficient (Wildman–Crippen LogP) is 5.52. The van der Waals surface area contributed by atoms with Crippen LogP contribution in [0.1, 0.15) is 52.5 Å². The van der Waals surface area contributed by atoms with Gasteiger partial charge >= 0.3 is 0 Å². The fraction of sp³-hybridized carbons (Fsp3) is 0.500. The Morgan fingerprint density at radius 3 is 2.15 bits per heavy atom. The van der Waals surface area contributed by atoms with E-state index >= 15 is 0 Å². The Hall–Kier alpha value is -2.49. The number of ether oxygens (including phenoxy) is 1. The fourth-order valence-electron chi connectivity index (χ4n) is 4.07. The van der Waals surface area contributed by atoms with Crippen LogP contribution in [0.5, 0.6) is 5.75 Å². The number of hydrogen-bond acceptors (Lipinski definition) is 5. The van der Waals surface area contributed by atoms with Crippen molar-refractivity contribution in [3.63, 3.8) is 0 Å². The number of sulfonamides is 1. The molecule has 0 aliphatic rings. The molecule has 0 aliphatic heterocycles. The summed E-state index contributed by atoms with van der Waals surface area (Å²) in [6, 6.07) is 11.1. The second-order valence-corrected chi connectivity index (χ2v) is 12.4. The van der Waals surface area contributed by atoms with Gasteiger partial charge in [0.05, 0.1) is 18.6 Å². The molecule has 2 aromatic rings. The fourth-order valence-corrected chi connectivity index (χ4v) is 5.56. The summed E-state index contributed by atoms with van der Waals surface area (Å²) in [7, 11) is -3.60. The van der Waals surface area contributed by atoms with Gasteiger partial charge in [-0.3, -0.25) is 13.9 Å². The van der Waals surface area contributed by atoms with Crippen molar-refractivity contribution in [3.8, 4) is 5.75 Å². The van der Waals surface area contributed by atoms with E-state index in [1.807, 2.05) is 27.7 Å². The zero-order valence-corrected chi connectivity index (χ0v) is 25.6. The van der Waals surface area contributed by atoms with E-state index in [4.69, 9.17) is 27.9 Å². The maximum absolute atomic E-state index is 13.6. The van der Waals surface area contributed by atoms with Gasteiger partial charge in [0.15, 0.2) is 0 Å². The van der Waals surface area contributed by atoms with Gasteiger partial charge in [-0.25, -0.2) is 8.42 Å². The Bertz CT molecular complexity index is 1190. The molecule has 39 heavy (non-hydrogen) atoms. The number of anilines is 1. The summed E-state index contributed by atoms with van der Waals surface area (Å²) in [6.45, 7) is 8.82. The molecule has 0 fully saturated rings. The molecule has 0 bridgehead atoms. The number of benzene rings is 2. The van der Waals surface area contributed by atoms with Gasteiger partial charge in [-0.05, 0) is 62.1 Å². The van der Waals surface area contributed by atoms with E-state index in [1.54, 1.807) is 42.5 Å². The smallest absolute Gasteiger partial charge is 0.242 e. The topological polar surface area (TPSA) is 96.0 Å². The molecule has 2 rings (SSSR count). The van der Waals surface area contributed by atoms with Gasteiger partial charge in [-0.1, -0.05) is 50.0 Å². The van der Waals surface area contributed by atoms with Crippen molar-refractivity contribution >= 4 is 50.7 Å². The predicted molar refractivity (Wildman–Crippen MR) is 158 cm³/mol. The quantitative estimate of drug-likeness (QED) is 0.291. The van der Waals surface area contributed by atoms with Crippen LogP contribution in [0.4, 0.5) is 5.69 Å². The number of amides is 2. The Balaban J connectivity index is 2.25. The molecule has 216 valence electrons. The molecule has 0 saturated carbocycles. The largest absolute Gasteiger partial charge is 0.494 e. The number of halogens is 2. The summed E-state index contributed by atoms with van der Waals surface area (Å²) in [4.78, 5) is 28.2. The van der Waals surface area contributed by atoms with Crippen molar-refractivity contribution < 1.29 is 22.7 Å². The minimum absolute atomic E-state index is 0.0269. The van der Waals surface area contributed by atoms with E-state index in [0.29, 0.717) is 46.6 Å². The van der Waals surface area contributed by atoms with Gasteiger partial charge in [0.25, 0.3) is 0 Å². The van der Waals surface area contributed by atoms with Crippen molar-refractivity contribution in [2.45, 2.75) is 59.5 Å². The lowest BCUT2D eigenvalue weighted by atomic mass is 10.1. The normalized spacial score (nSPS) is 12.2. The average molecular weight is 601 g/mol. The summed E-state index contributed by atoms with van der Waals surface area (Å²) in [5, 5.41) is 3.72. The minimum atomic E-state index is -3.60. The molecule has 11 heteroatoms. The van der Waals surface area contributed by atoms with Crippen LogP contribution >= 0.6 is 23.2 Å². The lowest BCUT2D eigenvalue weighted by Crippen LogP contribution is -2.49. The van der Waals surface area contributed by atoms with Crippen molar-refractivity contribution in [2.75, 3.05) is 30.3 Å². The Morgan fingerprint density at radius 2 is 1.64 bits per heavy atom. The van der Waals surface area contributed by atoms with E-state index in [9.17, 15) is 18.0 Å². The van der Waals surface area contributed by atoms with Crippen LogP contribution in [0.15, 0.2) is 42.5 Å². The molecule has 0 saturated heterocycles. The van der Waals surface area contributed by atoms with Gasteiger partial charge < -0.3 is 15.0 Å². The van der Waals surface area contributed by atoms with Crippen molar-refractivity contribution in [1.29, 1.82) is 0 Å². The van der Waals surface area contributed by atoms with Crippen LogP contribution in [-0.2, 0) is 26.2 Å². The van der Waals surface area contributed by atoms with Crippen LogP contribution in [0.3, 0.4) is 0 Å². The highest BCUT2D eigenvalue weighted by Gasteiger charge is 2.30. The number of nitrogens with one attached hydrogen (secondary N) is 1. The number of carbonyl (C=O) groups excluding carboxylic acids is 2. The van der Waals surface area contributed by atoms with E-state index in [2.05, 4.69) is 5.32 Å². The third-order valence-electron chi connectivity index (χ3n) is 6.05. The maximum atomic E-state index is 13.6. The third kappa shape index (κ3) is 9.89. The Kier molecular flexibility index (Phi) is 12.9. The molecule has 0 aromatic heterocycles. The summed E-state index contributed by atoms with van der Waals surface area (Å²) >= 11 is 12.8. The molecular formula is C28H39Cl2N3O5S. The maximum Gasteiger partial charge on any atom is 0.242 e. The first-order valence-electron chi connectivity index (χ1n) is 13.1. The average Bonchev–Trinajstić information content (AvgIpc) is 2.87. The summed E-state index contributed by atoms with van der Waals surface area (Å²) in [5.74, 6) is 0.339. The van der Waals surface area contributed by atoms with Crippen LogP contribution < -0.4 is 14.4 Å². The van der Waals surface area contributed by atoms with Crippen molar-refractivity contribution in [2.24, 2.45) is 5.92 Å². The molecular weight excluding hydrogens is 561 g/mol. The lowest BCUT2D eigenvalue weighted by molar-refractivity contribution is -0.141. The summed E-state index contributed by atoms with van der Waals surface area (Å²) in [5.41, 5.74) is 1.03. The highest BCUT2D eigenvalue weighted by molar-refractivity contribution is 7.92. The minimum Gasteiger partial charge on any atom is -0.494 e. The van der Waals surface area contributed by atoms with E-state index < -0.39 is 16.1 Å². The SMILES string of the molecule is CCOc1ccc(N(CCCC(=O)N(Cc2c(Cl)cccc2Cl)[C@H](CC)C(=O)NCC(C)C)S(C)(=O)=O)cc1. The van der Waals surface area contributed by atoms with Gasteiger partial charge in [0.1, 0.15) is 11.8 Å². The first-order valence-corrected chi connectivity index (χ1v) is 15.7. The molecule has 1 N–H and O–H groups in total. The highest BCUT2D eigenvalue weighted by Crippen LogP contribution is 2.28. The zero-order chi connectivity index (χ0) is 29.2. The molecule has 2 aromatic carbocycles. The second-order valence-electron chi connectivity index (χ2n) is 9.65. The Labute approximate surface area is 242 Å². The molecule has 8 nitrogen and oxygen atoms in total. The van der Waals surface area contributed by atoms with Crippen LogP contribution in [0.25, 0.3) is 0 Å². The van der Waals surface area contributed by atoms with Gasteiger partial charge in [0.2, 0.25) is 21.8 Å². The Morgan fingerprint density at radius 1 is 1.03 bits per heavy atom. The van der Waals surface area contributed by atoms with E-state index in [1.165, 1.54) is 9.21 Å². The van der Waals surface area contributed by atoms with Gasteiger partial charge in [-0.2, -0.15) is 0 Å². The number of rotatable bonds is 15. The number of nitrogens with zero attached hydrogens (tertiary/aromatic N) is 2. The van der Waals surface area contributed by atoms with Crippen molar-refractivity contribution in [1.82, 2.24) is 10.2 Å². The zero-order valence-electron chi connectivity index (χ0n) is 23.2. The molecule has 2 amide bonds. The molecule has 0 heterocycles. The summed E-state index contributed by atoms with van der Waals surface area (Å²) < 4.78 is 31.8. The van der Waals surface area contributed by atoms with Crippen LogP contribution in [-0.4, -0.2) is 57.1 Å². The van der Waals surface area contributed by atoms with Gasteiger partial charge in [-0.15, -0.1) is 0 Å². The van der Waals surface area contributed by atoms with E-state index in [-0.39, 0.29) is 43.7 Å². The molecule has 0 radical (unpaired) electrons. The van der Waals surface area contributed by atoms with Crippen LogP contribution in [0, 0.1) is 5.92 Å². The van der Waals surface area contributed by atoms with Crippen LogP contribution in [0.2, 0.25) is 10.0 Å². The van der Waals surface area contributed by atoms with Crippen molar-refractivity contribution in [3.05, 3.63) is 58.1 Å². The summed E-state index contributed by atoms with van der Waals surface area (Å²) in [6.07, 6.45) is 1.79. The standard InChI is InChI=1S/C28H39Cl2N3O5S/c1-6-26(28(35)31-18-20(3)4)32(19-23-24(29)10-8-11-25(23)30)27(34)12-9-17-33(39(5,36)37)21-13-15-22(16-14-21)38-7-2/h8,10-11,13-16,20,26H,6-7,9,12,17-19H2,1-5H3,(H,31,35)/t26-/m1/s1. The number of carbonyl (C=O) groups is 2. The third-order valence-corrected chi connectivity index (χ3v) is 7.95. The first kappa shape index (κ1) is 32.7. The van der Waals surface area contributed by atoms with Gasteiger partial charge in [0, 0.05) is 41.7 Å². The highest BCUT2D eigenvalue weighted by atomic mass is 35.5. The number of hydrogen-bond donors (Lipinski definition) is 1. The van der Waals surface area contributed by atoms with E-state index in [0.717, 1.165) is 6.26 Å². The lowest BCUT2D eigenvalue weighted by Gasteiger charge is -2.32. The molecule has 0 aliphatic carbocycles. The second kappa shape index (κ2) is 15.3. The monoisotopic (exact) mass is 599 g/mol. The first-order chi connectivity index (χ1) is 18.4. The molecule has 0 unspecified atom stereocenters.